The Morgan fingerprint density at radius 1 is 1.17 bits per heavy atom. The maximum Gasteiger partial charge on any atom is 0.106 e. The van der Waals surface area contributed by atoms with Crippen LogP contribution in [0, 0.1) is 0 Å². The van der Waals surface area contributed by atoms with Crippen molar-refractivity contribution in [1.29, 1.82) is 0 Å². The first-order chi connectivity index (χ1) is 8.61. The number of aliphatic hydroxyl groups is 1. The fourth-order valence-corrected chi connectivity index (χ4v) is 3.68. The lowest BCUT2D eigenvalue weighted by molar-refractivity contribution is -0.0137. The summed E-state index contributed by atoms with van der Waals surface area (Å²) in [6.45, 7) is 2.08. The summed E-state index contributed by atoms with van der Waals surface area (Å²) in [4.78, 5) is 2.41. The van der Waals surface area contributed by atoms with Crippen molar-refractivity contribution >= 4 is 23.2 Å². The largest absolute Gasteiger partial charge is 0.383 e. The Kier molecular flexibility index (Phi) is 3.31. The molecule has 0 aromatic heterocycles. The van der Waals surface area contributed by atoms with Crippen LogP contribution in [0.15, 0.2) is 18.2 Å². The summed E-state index contributed by atoms with van der Waals surface area (Å²) in [5.41, 5.74) is 0.153. The lowest BCUT2D eigenvalue weighted by atomic mass is 9.83. The van der Waals surface area contributed by atoms with Gasteiger partial charge in [-0.3, -0.25) is 4.90 Å². The van der Waals surface area contributed by atoms with Crippen LogP contribution >= 0.6 is 23.2 Å². The first-order valence-electron chi connectivity index (χ1n) is 6.53. The Hall–Kier alpha value is -0.280. The van der Waals surface area contributed by atoms with Gasteiger partial charge in [0.2, 0.25) is 0 Å². The van der Waals surface area contributed by atoms with Crippen LogP contribution in [0.5, 0.6) is 0 Å². The summed E-state index contributed by atoms with van der Waals surface area (Å²) in [6, 6.07) is 5.75. The van der Waals surface area contributed by atoms with Crippen molar-refractivity contribution in [2.45, 2.75) is 37.3 Å². The van der Waals surface area contributed by atoms with Crippen molar-refractivity contribution < 1.29 is 5.11 Å². The molecule has 98 valence electrons. The molecule has 2 aliphatic rings. The molecule has 0 spiro atoms. The molecule has 3 rings (SSSR count). The van der Waals surface area contributed by atoms with Crippen LogP contribution in [0.1, 0.15) is 31.2 Å². The van der Waals surface area contributed by atoms with Crippen LogP contribution in [0.2, 0.25) is 10.0 Å². The van der Waals surface area contributed by atoms with Crippen LogP contribution in [0.25, 0.3) is 0 Å². The Morgan fingerprint density at radius 2 is 2.00 bits per heavy atom. The van der Waals surface area contributed by atoms with Crippen molar-refractivity contribution in [3.63, 3.8) is 0 Å². The van der Waals surface area contributed by atoms with Gasteiger partial charge in [0.1, 0.15) is 5.60 Å². The van der Waals surface area contributed by atoms with Crippen molar-refractivity contribution in [2.24, 2.45) is 0 Å². The summed E-state index contributed by atoms with van der Waals surface area (Å²) in [6.07, 6.45) is 4.30. The van der Waals surface area contributed by atoms with Gasteiger partial charge in [-0.15, -0.1) is 0 Å². The molecule has 2 atom stereocenters. The summed E-state index contributed by atoms with van der Waals surface area (Å²) in [7, 11) is 0. The molecular weight excluding hydrogens is 269 g/mol. The van der Waals surface area contributed by atoms with Crippen LogP contribution in [-0.2, 0) is 5.60 Å². The summed E-state index contributed by atoms with van der Waals surface area (Å²) < 4.78 is 0. The fraction of sp³-hybridized carbons (Fsp3) is 0.571. The van der Waals surface area contributed by atoms with Gasteiger partial charge in [-0.1, -0.05) is 35.7 Å². The van der Waals surface area contributed by atoms with E-state index in [9.17, 15) is 5.11 Å². The number of piperidine rings is 1. The molecule has 0 saturated carbocycles. The third kappa shape index (κ3) is 1.96. The van der Waals surface area contributed by atoms with Crippen molar-refractivity contribution in [2.75, 3.05) is 13.1 Å². The zero-order chi connectivity index (χ0) is 12.8. The summed E-state index contributed by atoms with van der Waals surface area (Å²) in [5, 5.41) is 12.1. The highest BCUT2D eigenvalue weighted by molar-refractivity contribution is 6.42. The first kappa shape index (κ1) is 12.7. The van der Waals surface area contributed by atoms with Crippen molar-refractivity contribution in [3.8, 4) is 0 Å². The van der Waals surface area contributed by atoms with Crippen molar-refractivity contribution in [3.05, 3.63) is 33.8 Å². The van der Waals surface area contributed by atoms with Gasteiger partial charge < -0.3 is 5.11 Å². The predicted octanol–water partition coefficient (Wildman–Crippen LogP) is 3.44. The highest BCUT2D eigenvalue weighted by Gasteiger charge is 2.47. The quantitative estimate of drug-likeness (QED) is 0.855. The van der Waals surface area contributed by atoms with Gasteiger partial charge in [-0.05, 0) is 43.5 Å². The molecule has 0 aliphatic carbocycles. The van der Waals surface area contributed by atoms with Gasteiger partial charge in [0.05, 0.1) is 10.0 Å². The SMILES string of the molecule is OC1(c2ccc(Cl)c(Cl)c2)CCN2CCCCC21. The minimum absolute atomic E-state index is 0.239. The van der Waals surface area contributed by atoms with Crippen LogP contribution in [0.4, 0.5) is 0 Å². The molecule has 1 aromatic rings. The minimum atomic E-state index is -0.755. The van der Waals surface area contributed by atoms with Gasteiger partial charge in [0.15, 0.2) is 0 Å². The molecule has 2 heterocycles. The van der Waals surface area contributed by atoms with Gasteiger partial charge in [0, 0.05) is 12.6 Å². The fourth-order valence-electron chi connectivity index (χ4n) is 3.38. The molecule has 0 amide bonds. The van der Waals surface area contributed by atoms with Gasteiger partial charge >= 0.3 is 0 Å². The Morgan fingerprint density at radius 3 is 2.78 bits per heavy atom. The van der Waals surface area contributed by atoms with E-state index >= 15 is 0 Å². The highest BCUT2D eigenvalue weighted by atomic mass is 35.5. The minimum Gasteiger partial charge on any atom is -0.383 e. The Bertz CT molecular complexity index is 465. The summed E-state index contributed by atoms with van der Waals surface area (Å²) in [5.74, 6) is 0. The lowest BCUT2D eigenvalue weighted by Crippen LogP contribution is -2.45. The van der Waals surface area contributed by atoms with E-state index in [0.29, 0.717) is 10.0 Å². The number of hydrogen-bond donors (Lipinski definition) is 1. The van der Waals surface area contributed by atoms with E-state index in [-0.39, 0.29) is 6.04 Å². The zero-order valence-electron chi connectivity index (χ0n) is 10.2. The molecule has 18 heavy (non-hydrogen) atoms. The Balaban J connectivity index is 1.96. The molecule has 2 unspecified atom stereocenters. The van der Waals surface area contributed by atoms with E-state index in [1.807, 2.05) is 12.1 Å². The van der Waals surface area contributed by atoms with Crippen LogP contribution in [0.3, 0.4) is 0 Å². The van der Waals surface area contributed by atoms with E-state index in [2.05, 4.69) is 4.90 Å². The molecular formula is C14H17Cl2NO. The van der Waals surface area contributed by atoms with E-state index in [4.69, 9.17) is 23.2 Å². The number of benzene rings is 1. The third-order valence-electron chi connectivity index (χ3n) is 4.36. The third-order valence-corrected chi connectivity index (χ3v) is 5.10. The molecule has 0 radical (unpaired) electrons. The maximum atomic E-state index is 11.0. The topological polar surface area (TPSA) is 23.5 Å². The second kappa shape index (κ2) is 4.68. The van der Waals surface area contributed by atoms with E-state index in [1.54, 1.807) is 6.07 Å². The number of halogens is 2. The number of rotatable bonds is 1. The zero-order valence-corrected chi connectivity index (χ0v) is 11.7. The Labute approximate surface area is 117 Å². The molecule has 2 nitrogen and oxygen atoms in total. The normalized spacial score (nSPS) is 32.5. The average Bonchev–Trinajstić information content (AvgIpc) is 2.73. The molecule has 1 aromatic carbocycles. The molecule has 4 heteroatoms. The summed E-state index contributed by atoms with van der Waals surface area (Å²) >= 11 is 12.0. The average molecular weight is 286 g/mol. The monoisotopic (exact) mass is 285 g/mol. The van der Waals surface area contributed by atoms with Crippen LogP contribution < -0.4 is 0 Å². The predicted molar refractivity (Wildman–Crippen MR) is 74.2 cm³/mol. The van der Waals surface area contributed by atoms with E-state index in [1.165, 1.54) is 12.8 Å². The lowest BCUT2D eigenvalue weighted by Gasteiger charge is -2.37. The molecule has 0 bridgehead atoms. The molecule has 2 fully saturated rings. The van der Waals surface area contributed by atoms with Crippen LogP contribution in [-0.4, -0.2) is 29.1 Å². The number of nitrogens with zero attached hydrogens (tertiary/aromatic N) is 1. The van der Waals surface area contributed by atoms with E-state index in [0.717, 1.165) is 31.5 Å². The molecule has 1 N–H and O–H groups in total. The molecule has 2 saturated heterocycles. The second-order valence-corrected chi connectivity index (χ2v) is 6.17. The molecule has 2 aliphatic heterocycles. The standard InChI is InChI=1S/C14H17Cl2NO/c15-11-5-4-10(9-12(11)16)14(18)6-8-17-7-2-1-3-13(14)17/h4-5,9,13,18H,1-3,6-8H2. The number of fused-ring (bicyclic) bond motifs is 1. The van der Waals surface area contributed by atoms with Gasteiger partial charge in [0.25, 0.3) is 0 Å². The van der Waals surface area contributed by atoms with Gasteiger partial charge in [-0.2, -0.15) is 0 Å². The first-order valence-corrected chi connectivity index (χ1v) is 7.29. The van der Waals surface area contributed by atoms with Gasteiger partial charge in [-0.25, -0.2) is 0 Å². The van der Waals surface area contributed by atoms with E-state index < -0.39 is 5.60 Å². The number of hydrogen-bond acceptors (Lipinski definition) is 2. The smallest absolute Gasteiger partial charge is 0.106 e. The maximum absolute atomic E-state index is 11.0. The van der Waals surface area contributed by atoms with Crippen molar-refractivity contribution in [1.82, 2.24) is 4.90 Å². The highest BCUT2D eigenvalue weighted by Crippen LogP contribution is 2.43. The second-order valence-electron chi connectivity index (χ2n) is 5.35.